The predicted molar refractivity (Wildman–Crippen MR) is 70.9 cm³/mol. The van der Waals surface area contributed by atoms with Gasteiger partial charge in [0.15, 0.2) is 0 Å². The van der Waals surface area contributed by atoms with Gasteiger partial charge >= 0.3 is 5.97 Å². The number of rotatable bonds is 8. The zero-order valence-corrected chi connectivity index (χ0v) is 11.4. The first-order valence-corrected chi connectivity index (χ1v) is 6.95. The summed E-state index contributed by atoms with van der Waals surface area (Å²) >= 11 is 0. The van der Waals surface area contributed by atoms with Crippen molar-refractivity contribution in [2.24, 2.45) is 5.92 Å². The van der Waals surface area contributed by atoms with Crippen molar-refractivity contribution in [3.63, 3.8) is 0 Å². The van der Waals surface area contributed by atoms with Crippen molar-refractivity contribution in [1.29, 1.82) is 0 Å². The zero-order valence-electron chi connectivity index (χ0n) is 11.4. The molecule has 0 aromatic carbocycles. The Morgan fingerprint density at radius 1 is 1.20 bits per heavy atom. The lowest BCUT2D eigenvalue weighted by atomic mass is 10.1. The van der Waals surface area contributed by atoms with Crippen molar-refractivity contribution in [3.05, 3.63) is 0 Å². The molecule has 114 valence electrons. The van der Waals surface area contributed by atoms with Crippen LogP contribution in [0.15, 0.2) is 0 Å². The minimum atomic E-state index is -1.18. The average molecular weight is 286 g/mol. The molecule has 0 aromatic rings. The summed E-state index contributed by atoms with van der Waals surface area (Å²) in [6, 6.07) is -1.09. The van der Waals surface area contributed by atoms with Gasteiger partial charge in [0.1, 0.15) is 6.04 Å². The Kier molecular flexibility index (Phi) is 7.00. The van der Waals surface area contributed by atoms with Crippen molar-refractivity contribution in [2.45, 2.75) is 44.6 Å². The molecule has 2 amide bonds. The molecule has 7 heteroatoms. The second-order valence-corrected chi connectivity index (χ2v) is 4.99. The quantitative estimate of drug-likeness (QED) is 0.486. The number of hydrogen-bond acceptors (Lipinski definition) is 4. The van der Waals surface area contributed by atoms with Gasteiger partial charge in [0.25, 0.3) is 0 Å². The van der Waals surface area contributed by atoms with E-state index in [4.69, 9.17) is 10.2 Å². The van der Waals surface area contributed by atoms with E-state index < -0.39 is 17.9 Å². The lowest BCUT2D eigenvalue weighted by Crippen LogP contribution is -2.42. The van der Waals surface area contributed by atoms with E-state index in [9.17, 15) is 14.4 Å². The third-order valence-corrected chi connectivity index (χ3v) is 3.43. The molecule has 1 aliphatic rings. The van der Waals surface area contributed by atoms with Gasteiger partial charge in [-0.3, -0.25) is 9.59 Å². The van der Waals surface area contributed by atoms with Crippen LogP contribution in [0.4, 0.5) is 0 Å². The molecule has 1 fully saturated rings. The summed E-state index contributed by atoms with van der Waals surface area (Å²) in [4.78, 5) is 34.0. The molecule has 1 saturated carbocycles. The lowest BCUT2D eigenvalue weighted by Gasteiger charge is -2.14. The molecule has 0 bridgehead atoms. The van der Waals surface area contributed by atoms with Gasteiger partial charge < -0.3 is 20.8 Å². The highest BCUT2D eigenvalue weighted by atomic mass is 16.4. The molecule has 0 saturated heterocycles. The average Bonchev–Trinajstić information content (AvgIpc) is 2.91. The van der Waals surface area contributed by atoms with E-state index in [0.29, 0.717) is 0 Å². The Morgan fingerprint density at radius 3 is 2.40 bits per heavy atom. The van der Waals surface area contributed by atoms with Crippen molar-refractivity contribution in [3.8, 4) is 0 Å². The molecule has 0 unspecified atom stereocenters. The van der Waals surface area contributed by atoms with E-state index in [1.807, 2.05) is 0 Å². The van der Waals surface area contributed by atoms with Crippen molar-refractivity contribution >= 4 is 17.8 Å². The van der Waals surface area contributed by atoms with Gasteiger partial charge in [0, 0.05) is 31.9 Å². The van der Waals surface area contributed by atoms with Crippen LogP contribution in [0.1, 0.15) is 38.5 Å². The summed E-state index contributed by atoms with van der Waals surface area (Å²) in [5, 5.41) is 22.5. The normalized spacial score (nSPS) is 16.6. The van der Waals surface area contributed by atoms with Crippen LogP contribution < -0.4 is 10.6 Å². The number of nitrogens with one attached hydrogen (secondary N) is 2. The van der Waals surface area contributed by atoms with Crippen LogP contribution >= 0.6 is 0 Å². The number of carboxylic acid groups (broad SMARTS) is 1. The first-order valence-electron chi connectivity index (χ1n) is 6.95. The molecule has 0 aromatic heterocycles. The summed E-state index contributed by atoms with van der Waals surface area (Å²) in [5.41, 5.74) is 0. The largest absolute Gasteiger partial charge is 0.480 e. The van der Waals surface area contributed by atoms with Gasteiger partial charge in [0.2, 0.25) is 11.8 Å². The number of aliphatic carboxylic acids is 1. The third kappa shape index (κ3) is 5.56. The van der Waals surface area contributed by atoms with Crippen molar-refractivity contribution in [2.75, 3.05) is 13.2 Å². The topological polar surface area (TPSA) is 116 Å². The molecule has 1 aliphatic carbocycles. The molecular weight excluding hydrogens is 264 g/mol. The van der Waals surface area contributed by atoms with Crippen LogP contribution in [-0.2, 0) is 14.4 Å². The third-order valence-electron chi connectivity index (χ3n) is 3.43. The van der Waals surface area contributed by atoms with E-state index in [2.05, 4.69) is 10.6 Å². The van der Waals surface area contributed by atoms with Gasteiger partial charge in [-0.2, -0.15) is 0 Å². The lowest BCUT2D eigenvalue weighted by molar-refractivity contribution is -0.142. The summed E-state index contributed by atoms with van der Waals surface area (Å²) in [7, 11) is 0. The molecule has 4 N–H and O–H groups in total. The summed E-state index contributed by atoms with van der Waals surface area (Å²) in [6.07, 6.45) is 3.94. The minimum Gasteiger partial charge on any atom is -0.480 e. The van der Waals surface area contributed by atoms with Crippen LogP contribution in [-0.4, -0.2) is 47.2 Å². The van der Waals surface area contributed by atoms with E-state index >= 15 is 0 Å². The molecular formula is C13H22N2O5. The van der Waals surface area contributed by atoms with Crippen LogP contribution in [0.3, 0.4) is 0 Å². The van der Waals surface area contributed by atoms with Gasteiger partial charge in [-0.1, -0.05) is 12.8 Å². The van der Waals surface area contributed by atoms with E-state index in [1.165, 1.54) is 0 Å². The van der Waals surface area contributed by atoms with Crippen LogP contribution in [0.25, 0.3) is 0 Å². The van der Waals surface area contributed by atoms with Gasteiger partial charge in [-0.05, 0) is 12.8 Å². The van der Waals surface area contributed by atoms with Crippen molar-refractivity contribution in [1.82, 2.24) is 10.6 Å². The maximum absolute atomic E-state index is 11.7. The fourth-order valence-corrected chi connectivity index (χ4v) is 2.28. The first-order chi connectivity index (χ1) is 9.54. The first kappa shape index (κ1) is 16.4. The number of carbonyl (C=O) groups is 3. The molecule has 0 radical (unpaired) electrons. The second-order valence-electron chi connectivity index (χ2n) is 4.99. The maximum Gasteiger partial charge on any atom is 0.326 e. The van der Waals surface area contributed by atoms with Gasteiger partial charge in [-0.25, -0.2) is 4.79 Å². The molecule has 1 rings (SSSR count). The highest BCUT2D eigenvalue weighted by molar-refractivity contribution is 5.84. The highest BCUT2D eigenvalue weighted by Gasteiger charge is 2.23. The van der Waals surface area contributed by atoms with Crippen molar-refractivity contribution < 1.29 is 24.6 Å². The molecule has 0 aliphatic heterocycles. The van der Waals surface area contributed by atoms with Gasteiger partial charge in [-0.15, -0.1) is 0 Å². The van der Waals surface area contributed by atoms with E-state index in [1.54, 1.807) is 0 Å². The summed E-state index contributed by atoms with van der Waals surface area (Å²) in [6.45, 7) is -0.109. The van der Waals surface area contributed by atoms with Crippen LogP contribution in [0.5, 0.6) is 0 Å². The number of aliphatic hydroxyl groups is 1. The fourth-order valence-electron chi connectivity index (χ4n) is 2.28. The Bertz CT molecular complexity index is 353. The maximum atomic E-state index is 11.7. The van der Waals surface area contributed by atoms with E-state index in [0.717, 1.165) is 25.7 Å². The number of hydrogen-bond donors (Lipinski definition) is 4. The summed E-state index contributed by atoms with van der Waals surface area (Å²) < 4.78 is 0. The smallest absolute Gasteiger partial charge is 0.326 e. The number of carbonyl (C=O) groups excluding carboxylic acids is 2. The van der Waals surface area contributed by atoms with Crippen LogP contribution in [0.2, 0.25) is 0 Å². The minimum absolute atomic E-state index is 0.0274. The van der Waals surface area contributed by atoms with Gasteiger partial charge in [0.05, 0.1) is 0 Å². The standard InChI is InChI=1S/C13H22N2O5/c16-8-6-10(13(19)20)15-11(17)5-7-14-12(18)9-3-1-2-4-9/h9-10,16H,1-8H2,(H,14,18)(H,15,17)(H,19,20)/t10-/m1/s1. The number of carboxylic acids is 1. The Morgan fingerprint density at radius 2 is 1.85 bits per heavy atom. The Hall–Kier alpha value is -1.63. The van der Waals surface area contributed by atoms with Crippen LogP contribution in [0, 0.1) is 5.92 Å². The fraction of sp³-hybridized carbons (Fsp3) is 0.769. The predicted octanol–water partition coefficient (Wildman–Crippen LogP) is -0.365. The Labute approximate surface area is 117 Å². The number of amides is 2. The molecule has 0 spiro atoms. The van der Waals surface area contributed by atoms with E-state index in [-0.39, 0.29) is 37.8 Å². The summed E-state index contributed by atoms with van der Waals surface area (Å²) in [5.74, 6) is -1.60. The SMILES string of the molecule is O=C(CCNC(=O)C1CCCC1)N[C@H](CCO)C(=O)O. The molecule has 0 heterocycles. The monoisotopic (exact) mass is 286 g/mol. The second kappa shape index (κ2) is 8.52. The number of aliphatic hydroxyl groups excluding tert-OH is 1. The Balaban J connectivity index is 2.21. The molecule has 1 atom stereocenters. The molecule has 7 nitrogen and oxygen atoms in total. The molecule has 20 heavy (non-hydrogen) atoms. The highest BCUT2D eigenvalue weighted by Crippen LogP contribution is 2.24. The zero-order chi connectivity index (χ0) is 15.0.